The summed E-state index contributed by atoms with van der Waals surface area (Å²) in [6, 6.07) is 0. The molecule has 0 atom stereocenters. The van der Waals surface area contributed by atoms with E-state index in [0.29, 0.717) is 6.42 Å². The number of amides is 1. The molecule has 2 rings (SSSR count). The fraction of sp³-hybridized carbons (Fsp3) is 0.571. The lowest BCUT2D eigenvalue weighted by molar-refractivity contribution is 0.0911. The number of hydrogen-bond acceptors (Lipinski definition) is 4. The maximum Gasteiger partial charge on any atom is 0.282 e. The molecule has 0 aromatic carbocycles. The summed E-state index contributed by atoms with van der Waals surface area (Å²) in [5, 5.41) is -0.400. The second-order valence-electron chi connectivity index (χ2n) is 5.78. The van der Waals surface area contributed by atoms with Crippen molar-refractivity contribution in [2.75, 3.05) is 0 Å². The van der Waals surface area contributed by atoms with E-state index in [1.165, 1.54) is 0 Å². The van der Waals surface area contributed by atoms with Crippen LogP contribution in [0.2, 0.25) is 0 Å². The van der Waals surface area contributed by atoms with Gasteiger partial charge in [0, 0.05) is 16.9 Å². The van der Waals surface area contributed by atoms with Crippen molar-refractivity contribution in [2.24, 2.45) is 11.1 Å². The van der Waals surface area contributed by atoms with Crippen LogP contribution in [0, 0.1) is 5.41 Å². The van der Waals surface area contributed by atoms with E-state index in [0.717, 1.165) is 51.2 Å². The molecule has 0 saturated heterocycles. The fourth-order valence-electron chi connectivity index (χ4n) is 2.62. The summed E-state index contributed by atoms with van der Waals surface area (Å²) in [4.78, 5) is 24.7. The van der Waals surface area contributed by atoms with Crippen molar-refractivity contribution >= 4 is 34.1 Å². The van der Waals surface area contributed by atoms with Gasteiger partial charge in [0.15, 0.2) is 5.78 Å². The van der Waals surface area contributed by atoms with Crippen LogP contribution in [0.1, 0.15) is 54.4 Å². The zero-order valence-electron chi connectivity index (χ0n) is 11.5. The highest BCUT2D eigenvalue weighted by molar-refractivity contribution is 8.15. The van der Waals surface area contributed by atoms with E-state index in [9.17, 15) is 9.59 Å². The maximum absolute atomic E-state index is 12.4. The van der Waals surface area contributed by atoms with Crippen LogP contribution in [0.4, 0.5) is 4.79 Å². The quantitative estimate of drug-likeness (QED) is 0.857. The number of thiophene rings is 1. The highest BCUT2D eigenvalue weighted by Crippen LogP contribution is 2.45. The molecule has 0 saturated carbocycles. The van der Waals surface area contributed by atoms with Gasteiger partial charge >= 0.3 is 0 Å². The van der Waals surface area contributed by atoms with Crippen molar-refractivity contribution in [1.29, 1.82) is 0 Å². The van der Waals surface area contributed by atoms with E-state index in [1.807, 2.05) is 0 Å². The monoisotopic (exact) mass is 297 g/mol. The summed E-state index contributed by atoms with van der Waals surface area (Å²) < 4.78 is 0.923. The molecule has 2 N–H and O–H groups in total. The summed E-state index contributed by atoms with van der Waals surface area (Å²) in [5.41, 5.74) is 7.20. The molecule has 1 aromatic heterocycles. The third-order valence-electron chi connectivity index (χ3n) is 3.29. The molecule has 0 spiro atoms. The number of ketones is 1. The van der Waals surface area contributed by atoms with Gasteiger partial charge in [0.25, 0.3) is 5.24 Å². The third-order valence-corrected chi connectivity index (χ3v) is 5.51. The van der Waals surface area contributed by atoms with Gasteiger partial charge in [-0.15, -0.1) is 11.3 Å². The van der Waals surface area contributed by atoms with Gasteiger partial charge < -0.3 is 5.73 Å². The zero-order chi connectivity index (χ0) is 14.2. The number of fused-ring (bicyclic) bond motifs is 1. The van der Waals surface area contributed by atoms with Crippen LogP contribution in [0.3, 0.4) is 0 Å². The van der Waals surface area contributed by atoms with Crippen molar-refractivity contribution in [3.05, 3.63) is 16.0 Å². The van der Waals surface area contributed by atoms with Gasteiger partial charge in [0.2, 0.25) is 0 Å². The largest absolute Gasteiger partial charge is 0.360 e. The van der Waals surface area contributed by atoms with Gasteiger partial charge in [-0.1, -0.05) is 27.2 Å². The third kappa shape index (κ3) is 3.03. The minimum Gasteiger partial charge on any atom is -0.360 e. The smallest absolute Gasteiger partial charge is 0.282 e. The molecular weight excluding hydrogens is 278 g/mol. The number of carbonyl (C=O) groups is 2. The maximum atomic E-state index is 12.4. The molecule has 0 radical (unpaired) electrons. The van der Waals surface area contributed by atoms with Gasteiger partial charge in [0.05, 0.1) is 4.21 Å². The molecule has 1 heterocycles. The van der Waals surface area contributed by atoms with E-state index in [2.05, 4.69) is 20.8 Å². The average molecular weight is 297 g/mol. The Labute approximate surface area is 122 Å². The number of carbonyl (C=O) groups excluding carboxylic acids is 2. The Hall–Kier alpha value is -0.810. The number of nitrogens with two attached hydrogens (primary N) is 1. The minimum absolute atomic E-state index is 0.0262. The first kappa shape index (κ1) is 14.6. The molecule has 104 valence electrons. The lowest BCUT2D eigenvalue weighted by Crippen LogP contribution is -2.27. The number of primary amides is 1. The van der Waals surface area contributed by atoms with Crippen LogP contribution in [0.5, 0.6) is 0 Å². The van der Waals surface area contributed by atoms with Crippen LogP contribution in [-0.2, 0) is 12.8 Å². The number of rotatable bonds is 3. The lowest BCUT2D eigenvalue weighted by Gasteiger charge is -2.29. The van der Waals surface area contributed by atoms with Crippen molar-refractivity contribution in [3.8, 4) is 0 Å². The first-order valence-corrected chi connectivity index (χ1v) is 8.12. The number of thioether (sulfide) groups is 1. The molecule has 0 unspecified atom stereocenters. The van der Waals surface area contributed by atoms with E-state index < -0.39 is 5.24 Å². The molecular formula is C14H19NO2S2. The molecule has 1 aliphatic rings. The van der Waals surface area contributed by atoms with E-state index in [4.69, 9.17) is 5.73 Å². The Balaban J connectivity index is 2.50. The zero-order valence-corrected chi connectivity index (χ0v) is 13.2. The average Bonchev–Trinajstić information content (AvgIpc) is 2.54. The van der Waals surface area contributed by atoms with Crippen LogP contribution in [-0.4, -0.2) is 11.0 Å². The van der Waals surface area contributed by atoms with Gasteiger partial charge in [-0.2, -0.15) is 0 Å². The Morgan fingerprint density at radius 2 is 2.11 bits per heavy atom. The van der Waals surface area contributed by atoms with Gasteiger partial charge in [-0.3, -0.25) is 9.59 Å². The van der Waals surface area contributed by atoms with Gasteiger partial charge in [-0.05, 0) is 35.6 Å². The molecule has 5 heteroatoms. The Kier molecular flexibility index (Phi) is 4.06. The summed E-state index contributed by atoms with van der Waals surface area (Å²) >= 11 is 2.64. The summed E-state index contributed by atoms with van der Waals surface area (Å²) in [6.45, 7) is 6.30. The number of aryl methyl sites for hydroxylation is 1. The Morgan fingerprint density at radius 1 is 1.42 bits per heavy atom. The van der Waals surface area contributed by atoms with E-state index in [1.54, 1.807) is 11.3 Å². The minimum atomic E-state index is -0.400. The van der Waals surface area contributed by atoms with Crippen LogP contribution in [0.15, 0.2) is 4.21 Å². The highest BCUT2D eigenvalue weighted by Gasteiger charge is 2.36. The second kappa shape index (κ2) is 5.29. The van der Waals surface area contributed by atoms with Gasteiger partial charge in [-0.25, -0.2) is 0 Å². The molecule has 0 aliphatic heterocycles. The molecule has 1 amide bonds. The highest BCUT2D eigenvalue weighted by atomic mass is 32.2. The standard InChI is InChI=1S/C14H19NO2S2/c1-4-5-10-11-8(12(18-10)19-13(15)17)6-14(2,3)7-9(11)16/h4-7H2,1-3H3,(H2,15,17). The topological polar surface area (TPSA) is 60.2 Å². The first-order valence-electron chi connectivity index (χ1n) is 6.49. The molecule has 1 aliphatic carbocycles. The molecule has 0 bridgehead atoms. The van der Waals surface area contributed by atoms with Gasteiger partial charge in [0.1, 0.15) is 0 Å². The molecule has 3 nitrogen and oxygen atoms in total. The van der Waals surface area contributed by atoms with Crippen molar-refractivity contribution < 1.29 is 9.59 Å². The SMILES string of the molecule is CCCc1sc(SC(N)=O)c2c1C(=O)CC(C)(C)C2. The summed E-state index contributed by atoms with van der Waals surface area (Å²) in [7, 11) is 0. The van der Waals surface area contributed by atoms with Crippen molar-refractivity contribution in [2.45, 2.75) is 50.7 Å². The number of Topliss-reactive ketones (excluding diaryl/α,β-unsaturated/α-hetero) is 1. The Morgan fingerprint density at radius 3 is 2.68 bits per heavy atom. The normalized spacial score (nSPS) is 17.3. The second-order valence-corrected chi connectivity index (χ2v) is 8.16. The molecule has 19 heavy (non-hydrogen) atoms. The predicted octanol–water partition coefficient (Wildman–Crippen LogP) is 4.03. The lowest BCUT2D eigenvalue weighted by atomic mass is 9.74. The predicted molar refractivity (Wildman–Crippen MR) is 80.2 cm³/mol. The van der Waals surface area contributed by atoms with E-state index in [-0.39, 0.29) is 11.2 Å². The van der Waals surface area contributed by atoms with Crippen LogP contribution in [0.25, 0.3) is 0 Å². The first-order chi connectivity index (χ1) is 8.84. The van der Waals surface area contributed by atoms with Crippen molar-refractivity contribution in [3.63, 3.8) is 0 Å². The summed E-state index contributed by atoms with van der Waals surface area (Å²) in [5.74, 6) is 0.224. The Bertz CT molecular complexity index is 532. The summed E-state index contributed by atoms with van der Waals surface area (Å²) in [6.07, 6.45) is 3.35. The molecule has 0 fully saturated rings. The van der Waals surface area contributed by atoms with E-state index >= 15 is 0 Å². The molecule has 1 aromatic rings. The van der Waals surface area contributed by atoms with Crippen molar-refractivity contribution in [1.82, 2.24) is 0 Å². The van der Waals surface area contributed by atoms with Crippen LogP contribution >= 0.6 is 23.1 Å². The van der Waals surface area contributed by atoms with Crippen LogP contribution < -0.4 is 5.73 Å². The number of hydrogen-bond donors (Lipinski definition) is 1. The fourth-order valence-corrected chi connectivity index (χ4v) is 4.98.